The fraction of sp³-hybridized carbons (Fsp3) is 0.533. The molecule has 0 saturated carbocycles. The van der Waals surface area contributed by atoms with Crippen molar-refractivity contribution in [1.29, 1.82) is 0 Å². The van der Waals surface area contributed by atoms with Crippen LogP contribution in [0.1, 0.15) is 30.7 Å². The van der Waals surface area contributed by atoms with E-state index in [1.807, 2.05) is 24.3 Å². The first kappa shape index (κ1) is 12.5. The van der Waals surface area contributed by atoms with Crippen LogP contribution in [0.4, 0.5) is 0 Å². The zero-order chi connectivity index (χ0) is 13.1. The minimum atomic E-state index is -0.146. The van der Waals surface area contributed by atoms with Gasteiger partial charge in [-0.25, -0.2) is 0 Å². The highest BCUT2D eigenvalue weighted by molar-refractivity contribution is 5.85. The molecule has 0 radical (unpaired) electrons. The Hall–Kier alpha value is -1.55. The first-order chi connectivity index (χ1) is 9.34. The summed E-state index contributed by atoms with van der Waals surface area (Å²) in [7, 11) is 0. The molecule has 2 N–H and O–H groups in total. The SMILES string of the molecule is O=C(NCC[C@H]1CCCN1)C1COc2ccccc21. The van der Waals surface area contributed by atoms with Gasteiger partial charge in [-0.2, -0.15) is 0 Å². The maximum absolute atomic E-state index is 12.2. The van der Waals surface area contributed by atoms with Gasteiger partial charge in [0.2, 0.25) is 5.91 Å². The zero-order valence-electron chi connectivity index (χ0n) is 11.0. The summed E-state index contributed by atoms with van der Waals surface area (Å²) < 4.78 is 5.54. The fourth-order valence-electron chi connectivity index (χ4n) is 2.88. The molecule has 0 spiro atoms. The van der Waals surface area contributed by atoms with Gasteiger partial charge < -0.3 is 15.4 Å². The number of carbonyl (C=O) groups is 1. The lowest BCUT2D eigenvalue weighted by Crippen LogP contribution is -2.34. The van der Waals surface area contributed by atoms with Crippen molar-refractivity contribution in [1.82, 2.24) is 10.6 Å². The summed E-state index contributed by atoms with van der Waals surface area (Å²) in [6.45, 7) is 2.32. The molecule has 4 nitrogen and oxygen atoms in total. The second-order valence-electron chi connectivity index (χ2n) is 5.27. The monoisotopic (exact) mass is 260 g/mol. The molecule has 2 aliphatic heterocycles. The van der Waals surface area contributed by atoms with Gasteiger partial charge in [0.25, 0.3) is 0 Å². The molecule has 102 valence electrons. The van der Waals surface area contributed by atoms with Crippen LogP contribution < -0.4 is 15.4 Å². The smallest absolute Gasteiger partial charge is 0.231 e. The van der Waals surface area contributed by atoms with Gasteiger partial charge in [0.15, 0.2) is 0 Å². The lowest BCUT2D eigenvalue weighted by molar-refractivity contribution is -0.122. The average molecular weight is 260 g/mol. The van der Waals surface area contributed by atoms with Gasteiger partial charge in [0.05, 0.1) is 0 Å². The maximum atomic E-state index is 12.2. The Morgan fingerprint density at radius 1 is 1.42 bits per heavy atom. The Morgan fingerprint density at radius 2 is 2.32 bits per heavy atom. The van der Waals surface area contributed by atoms with Gasteiger partial charge in [-0.3, -0.25) is 4.79 Å². The first-order valence-electron chi connectivity index (χ1n) is 7.07. The number of para-hydroxylation sites is 1. The summed E-state index contributed by atoms with van der Waals surface area (Å²) >= 11 is 0. The van der Waals surface area contributed by atoms with E-state index in [1.165, 1.54) is 12.8 Å². The Labute approximate surface area is 113 Å². The number of hydrogen-bond donors (Lipinski definition) is 2. The standard InChI is InChI=1S/C15H20N2O2/c18-15(17-9-7-11-4-3-8-16-11)13-10-19-14-6-2-1-5-12(13)14/h1-2,5-6,11,13,16H,3-4,7-10H2,(H,17,18)/t11-,13?/m1/s1. The van der Waals surface area contributed by atoms with Crippen molar-refractivity contribution in [2.45, 2.75) is 31.2 Å². The summed E-state index contributed by atoms with van der Waals surface area (Å²) in [6.07, 6.45) is 3.49. The Balaban J connectivity index is 1.51. The quantitative estimate of drug-likeness (QED) is 0.861. The second-order valence-corrected chi connectivity index (χ2v) is 5.27. The fourth-order valence-corrected chi connectivity index (χ4v) is 2.88. The molecule has 2 atom stereocenters. The highest BCUT2D eigenvalue weighted by Gasteiger charge is 2.29. The Bertz CT molecular complexity index is 455. The van der Waals surface area contributed by atoms with Crippen LogP contribution in [0, 0.1) is 0 Å². The van der Waals surface area contributed by atoms with E-state index >= 15 is 0 Å². The van der Waals surface area contributed by atoms with E-state index in [1.54, 1.807) is 0 Å². The van der Waals surface area contributed by atoms with Gasteiger partial charge in [0.1, 0.15) is 18.3 Å². The molecule has 1 fully saturated rings. The van der Waals surface area contributed by atoms with Crippen LogP contribution in [-0.4, -0.2) is 31.6 Å². The van der Waals surface area contributed by atoms with Crippen molar-refractivity contribution in [3.8, 4) is 5.75 Å². The maximum Gasteiger partial charge on any atom is 0.231 e. The molecule has 19 heavy (non-hydrogen) atoms. The minimum absolute atomic E-state index is 0.0861. The zero-order valence-corrected chi connectivity index (χ0v) is 11.0. The molecule has 4 heteroatoms. The van der Waals surface area contributed by atoms with Crippen molar-refractivity contribution in [3.05, 3.63) is 29.8 Å². The van der Waals surface area contributed by atoms with E-state index in [-0.39, 0.29) is 11.8 Å². The number of carbonyl (C=O) groups excluding carboxylic acids is 1. The van der Waals surface area contributed by atoms with Crippen molar-refractivity contribution in [2.75, 3.05) is 19.7 Å². The van der Waals surface area contributed by atoms with E-state index in [2.05, 4.69) is 10.6 Å². The van der Waals surface area contributed by atoms with Crippen LogP contribution in [0.3, 0.4) is 0 Å². The van der Waals surface area contributed by atoms with Crippen LogP contribution in [0.2, 0.25) is 0 Å². The van der Waals surface area contributed by atoms with Crippen molar-refractivity contribution in [3.63, 3.8) is 0 Å². The van der Waals surface area contributed by atoms with E-state index in [0.717, 1.165) is 30.8 Å². The molecule has 2 heterocycles. The molecule has 1 aromatic carbocycles. The third-order valence-corrected chi connectivity index (χ3v) is 3.97. The average Bonchev–Trinajstić information content (AvgIpc) is 3.07. The number of benzene rings is 1. The third kappa shape index (κ3) is 2.73. The number of ether oxygens (including phenoxy) is 1. The van der Waals surface area contributed by atoms with Crippen molar-refractivity contribution in [2.24, 2.45) is 0 Å². The van der Waals surface area contributed by atoms with Crippen LogP contribution in [-0.2, 0) is 4.79 Å². The van der Waals surface area contributed by atoms with Gasteiger partial charge in [0, 0.05) is 18.2 Å². The molecular weight excluding hydrogens is 240 g/mol. The molecule has 0 aromatic heterocycles. The summed E-state index contributed by atoms with van der Waals surface area (Å²) in [5.74, 6) is 0.788. The third-order valence-electron chi connectivity index (χ3n) is 3.97. The van der Waals surface area contributed by atoms with Crippen molar-refractivity contribution >= 4 is 5.91 Å². The van der Waals surface area contributed by atoms with Crippen LogP contribution in [0.15, 0.2) is 24.3 Å². The largest absolute Gasteiger partial charge is 0.492 e. The lowest BCUT2D eigenvalue weighted by Gasteiger charge is -2.13. The summed E-state index contributed by atoms with van der Waals surface area (Å²) in [5.41, 5.74) is 1.01. The van der Waals surface area contributed by atoms with Crippen LogP contribution >= 0.6 is 0 Å². The summed E-state index contributed by atoms with van der Waals surface area (Å²) in [6, 6.07) is 8.37. The molecule has 1 unspecified atom stereocenters. The molecule has 1 amide bonds. The van der Waals surface area contributed by atoms with E-state index in [4.69, 9.17) is 4.74 Å². The van der Waals surface area contributed by atoms with E-state index in [9.17, 15) is 4.79 Å². The van der Waals surface area contributed by atoms with Gasteiger partial charge in [-0.15, -0.1) is 0 Å². The van der Waals surface area contributed by atoms with Crippen LogP contribution in [0.25, 0.3) is 0 Å². The topological polar surface area (TPSA) is 50.4 Å². The number of amides is 1. The predicted octanol–water partition coefficient (Wildman–Crippen LogP) is 1.42. The van der Waals surface area contributed by atoms with E-state index < -0.39 is 0 Å². The molecule has 2 aliphatic rings. The number of nitrogens with one attached hydrogen (secondary N) is 2. The molecule has 1 aromatic rings. The normalized spacial score (nSPS) is 24.8. The predicted molar refractivity (Wildman–Crippen MR) is 73.3 cm³/mol. The molecular formula is C15H20N2O2. The van der Waals surface area contributed by atoms with Gasteiger partial charge >= 0.3 is 0 Å². The highest BCUT2D eigenvalue weighted by atomic mass is 16.5. The molecule has 0 bridgehead atoms. The molecule has 3 rings (SSSR count). The van der Waals surface area contributed by atoms with Crippen LogP contribution in [0.5, 0.6) is 5.75 Å². The molecule has 1 saturated heterocycles. The highest BCUT2D eigenvalue weighted by Crippen LogP contribution is 2.33. The number of rotatable bonds is 4. The number of fused-ring (bicyclic) bond motifs is 1. The summed E-state index contributed by atoms with van der Waals surface area (Å²) in [5, 5.41) is 6.47. The Kier molecular flexibility index (Phi) is 3.69. The van der Waals surface area contributed by atoms with Crippen molar-refractivity contribution < 1.29 is 9.53 Å². The summed E-state index contributed by atoms with van der Waals surface area (Å²) in [4.78, 5) is 12.2. The first-order valence-corrected chi connectivity index (χ1v) is 7.07. The second kappa shape index (κ2) is 5.61. The molecule has 0 aliphatic carbocycles. The van der Waals surface area contributed by atoms with Gasteiger partial charge in [-0.05, 0) is 31.9 Å². The lowest BCUT2D eigenvalue weighted by atomic mass is 10.0. The number of hydrogen-bond acceptors (Lipinski definition) is 3. The minimum Gasteiger partial charge on any atom is -0.492 e. The van der Waals surface area contributed by atoms with Gasteiger partial charge in [-0.1, -0.05) is 18.2 Å². The van der Waals surface area contributed by atoms with E-state index in [0.29, 0.717) is 12.6 Å². The Morgan fingerprint density at radius 3 is 3.16 bits per heavy atom.